The van der Waals surface area contributed by atoms with E-state index in [1.165, 1.54) is 6.08 Å². The van der Waals surface area contributed by atoms with E-state index in [1.807, 2.05) is 61.5 Å². The molecular formula is C23H19FN2. The summed E-state index contributed by atoms with van der Waals surface area (Å²) in [4.78, 5) is 1.65. The van der Waals surface area contributed by atoms with Gasteiger partial charge < -0.3 is 4.90 Å². The first-order valence-electron chi connectivity index (χ1n) is 8.41. The van der Waals surface area contributed by atoms with Gasteiger partial charge >= 0.3 is 0 Å². The van der Waals surface area contributed by atoms with Gasteiger partial charge in [0, 0.05) is 5.69 Å². The third kappa shape index (κ3) is 4.37. The first kappa shape index (κ1) is 17.4. The third-order valence-electron chi connectivity index (χ3n) is 4.11. The highest BCUT2D eigenvalue weighted by Crippen LogP contribution is 2.25. The maximum atomic E-state index is 15.1. The maximum Gasteiger partial charge on any atom is 0.194 e. The Morgan fingerprint density at radius 2 is 1.62 bits per heavy atom. The number of aryl methyl sites for hydroxylation is 1. The van der Waals surface area contributed by atoms with Gasteiger partial charge in [0.25, 0.3) is 0 Å². The molecule has 0 aliphatic heterocycles. The lowest BCUT2D eigenvalue weighted by Gasteiger charge is -2.23. The summed E-state index contributed by atoms with van der Waals surface area (Å²) in [5.74, 6) is -0.345. The van der Waals surface area contributed by atoms with Crippen molar-refractivity contribution in [2.45, 2.75) is 13.5 Å². The van der Waals surface area contributed by atoms with Gasteiger partial charge in [0.1, 0.15) is 0 Å². The molecule has 0 spiro atoms. The molecule has 0 N–H and O–H groups in total. The molecule has 0 aliphatic rings. The second-order valence-electron chi connectivity index (χ2n) is 6.11. The largest absolute Gasteiger partial charge is 0.314 e. The lowest BCUT2D eigenvalue weighted by atomic mass is 10.1. The zero-order valence-electron chi connectivity index (χ0n) is 14.6. The van der Waals surface area contributed by atoms with Crippen LogP contribution in [0.1, 0.15) is 22.3 Å². The van der Waals surface area contributed by atoms with E-state index >= 15 is 4.39 Å². The minimum absolute atomic E-state index is 0.345. The number of nitrogens with zero attached hydrogens (tertiary/aromatic N) is 2. The topological polar surface area (TPSA) is 27.0 Å². The van der Waals surface area contributed by atoms with E-state index in [0.29, 0.717) is 17.7 Å². The Kier molecular flexibility index (Phi) is 5.46. The summed E-state index contributed by atoms with van der Waals surface area (Å²) in [5, 5.41) is 8.89. The van der Waals surface area contributed by atoms with E-state index in [-0.39, 0.29) is 5.95 Å². The molecule has 0 saturated heterocycles. The van der Waals surface area contributed by atoms with Crippen molar-refractivity contribution in [3.63, 3.8) is 0 Å². The van der Waals surface area contributed by atoms with Gasteiger partial charge in [0.05, 0.1) is 18.2 Å². The van der Waals surface area contributed by atoms with E-state index < -0.39 is 0 Å². The van der Waals surface area contributed by atoms with Gasteiger partial charge in [-0.15, -0.1) is 0 Å². The van der Waals surface area contributed by atoms with Crippen LogP contribution in [0.3, 0.4) is 0 Å². The highest BCUT2D eigenvalue weighted by molar-refractivity contribution is 5.61. The lowest BCUT2D eigenvalue weighted by molar-refractivity contribution is 0.593. The molecule has 26 heavy (non-hydrogen) atoms. The quantitative estimate of drug-likeness (QED) is 0.545. The number of halogens is 1. The fraction of sp³-hybridized carbons (Fsp3) is 0.0870. The van der Waals surface area contributed by atoms with Crippen molar-refractivity contribution in [2.24, 2.45) is 0 Å². The van der Waals surface area contributed by atoms with Crippen molar-refractivity contribution in [1.29, 1.82) is 5.26 Å². The number of nitriles is 1. The molecule has 0 bridgehead atoms. The fourth-order valence-corrected chi connectivity index (χ4v) is 2.65. The van der Waals surface area contributed by atoms with Crippen molar-refractivity contribution < 1.29 is 4.39 Å². The molecule has 0 heterocycles. The molecular weight excluding hydrogens is 323 g/mol. The minimum Gasteiger partial charge on any atom is -0.314 e. The Morgan fingerprint density at radius 1 is 0.962 bits per heavy atom. The van der Waals surface area contributed by atoms with Gasteiger partial charge in [-0.2, -0.15) is 9.65 Å². The van der Waals surface area contributed by atoms with Crippen molar-refractivity contribution >= 4 is 11.8 Å². The Morgan fingerprint density at radius 3 is 2.23 bits per heavy atom. The van der Waals surface area contributed by atoms with Crippen LogP contribution in [0.15, 0.2) is 84.8 Å². The molecule has 0 fully saturated rings. The molecule has 0 unspecified atom stereocenters. The van der Waals surface area contributed by atoms with Gasteiger partial charge in [-0.3, -0.25) is 0 Å². The zero-order valence-corrected chi connectivity index (χ0v) is 14.6. The first-order chi connectivity index (χ1) is 12.7. The Hall–Kier alpha value is -3.38. The van der Waals surface area contributed by atoms with Gasteiger partial charge in [-0.05, 0) is 48.4 Å². The molecule has 0 saturated carbocycles. The van der Waals surface area contributed by atoms with Crippen LogP contribution in [0, 0.1) is 18.3 Å². The van der Waals surface area contributed by atoms with Crippen LogP contribution in [0.5, 0.6) is 0 Å². The molecule has 0 atom stereocenters. The molecule has 0 aliphatic carbocycles. The molecule has 0 aromatic heterocycles. The summed E-state index contributed by atoms with van der Waals surface area (Å²) in [5.41, 5.74) is 4.22. The van der Waals surface area contributed by atoms with Crippen LogP contribution >= 0.6 is 0 Å². The molecule has 3 aromatic carbocycles. The third-order valence-corrected chi connectivity index (χ3v) is 4.11. The summed E-state index contributed by atoms with van der Waals surface area (Å²) in [7, 11) is 0. The second kappa shape index (κ2) is 8.13. The summed E-state index contributed by atoms with van der Waals surface area (Å²) in [6, 6.07) is 26.5. The van der Waals surface area contributed by atoms with E-state index in [2.05, 4.69) is 6.07 Å². The predicted octanol–water partition coefficient (Wildman–Crippen LogP) is 5.84. The van der Waals surface area contributed by atoms with Crippen molar-refractivity contribution in [2.75, 3.05) is 4.90 Å². The van der Waals surface area contributed by atoms with E-state index in [4.69, 9.17) is 5.26 Å². The maximum absolute atomic E-state index is 15.1. The average molecular weight is 342 g/mol. The van der Waals surface area contributed by atoms with Crippen LogP contribution in [0.2, 0.25) is 0 Å². The van der Waals surface area contributed by atoms with Gasteiger partial charge in [0.15, 0.2) is 5.95 Å². The van der Waals surface area contributed by atoms with Gasteiger partial charge in [-0.1, -0.05) is 60.2 Å². The van der Waals surface area contributed by atoms with Crippen molar-refractivity contribution in [1.82, 2.24) is 0 Å². The Labute approximate surface area is 153 Å². The Balaban J connectivity index is 1.94. The molecule has 2 nitrogen and oxygen atoms in total. The highest BCUT2D eigenvalue weighted by Gasteiger charge is 2.13. The van der Waals surface area contributed by atoms with Crippen LogP contribution in [-0.4, -0.2) is 0 Å². The second-order valence-corrected chi connectivity index (χ2v) is 6.11. The molecule has 128 valence electrons. The SMILES string of the molecule is Cc1ccc(N(Cc2ccccc2)/C(F)=C\c2ccc(C#N)cc2)cc1. The number of rotatable bonds is 5. The number of anilines is 1. The molecule has 3 rings (SSSR count). The molecule has 3 aromatic rings. The van der Waals surface area contributed by atoms with Crippen LogP contribution < -0.4 is 4.90 Å². The Bertz CT molecular complexity index is 921. The minimum atomic E-state index is -0.345. The lowest BCUT2D eigenvalue weighted by Crippen LogP contribution is -2.19. The normalized spacial score (nSPS) is 11.0. The van der Waals surface area contributed by atoms with Crippen molar-refractivity contribution in [3.8, 4) is 6.07 Å². The zero-order chi connectivity index (χ0) is 18.4. The summed E-state index contributed by atoms with van der Waals surface area (Å²) in [6.07, 6.45) is 1.49. The summed E-state index contributed by atoms with van der Waals surface area (Å²) >= 11 is 0. The number of hydrogen-bond donors (Lipinski definition) is 0. The summed E-state index contributed by atoms with van der Waals surface area (Å²) < 4.78 is 15.1. The van der Waals surface area contributed by atoms with E-state index in [1.54, 1.807) is 29.2 Å². The molecule has 0 amide bonds. The van der Waals surface area contributed by atoms with Crippen LogP contribution in [0.25, 0.3) is 6.08 Å². The first-order valence-corrected chi connectivity index (χ1v) is 8.41. The standard InChI is InChI=1S/C23H19FN2/c1-18-7-13-22(14-8-18)26(17-21-5-3-2-4-6-21)23(24)15-19-9-11-20(16-25)12-10-19/h2-15H,17H2,1H3/b23-15-. The summed E-state index contributed by atoms with van der Waals surface area (Å²) in [6.45, 7) is 2.44. The van der Waals surface area contributed by atoms with Gasteiger partial charge in [-0.25, -0.2) is 0 Å². The number of benzene rings is 3. The molecule has 3 heteroatoms. The number of hydrogen-bond acceptors (Lipinski definition) is 2. The van der Waals surface area contributed by atoms with Crippen LogP contribution in [0.4, 0.5) is 10.1 Å². The van der Waals surface area contributed by atoms with Crippen molar-refractivity contribution in [3.05, 3.63) is 107 Å². The molecule has 0 radical (unpaired) electrons. The smallest absolute Gasteiger partial charge is 0.194 e. The average Bonchev–Trinajstić information content (AvgIpc) is 2.68. The van der Waals surface area contributed by atoms with Gasteiger partial charge in [0.2, 0.25) is 0 Å². The highest BCUT2D eigenvalue weighted by atomic mass is 19.1. The van der Waals surface area contributed by atoms with E-state index in [0.717, 1.165) is 16.8 Å². The van der Waals surface area contributed by atoms with Crippen LogP contribution in [-0.2, 0) is 6.54 Å². The van der Waals surface area contributed by atoms with E-state index in [9.17, 15) is 0 Å². The fourth-order valence-electron chi connectivity index (χ4n) is 2.65. The monoisotopic (exact) mass is 342 g/mol. The predicted molar refractivity (Wildman–Crippen MR) is 104 cm³/mol.